The van der Waals surface area contributed by atoms with Gasteiger partial charge in [0.25, 0.3) is 10.0 Å². The number of fused-ring (bicyclic) bond motifs is 1. The van der Waals surface area contributed by atoms with E-state index in [1.165, 1.54) is 12.1 Å². The van der Waals surface area contributed by atoms with Crippen LogP contribution in [0.25, 0.3) is 16.7 Å². The van der Waals surface area contributed by atoms with Gasteiger partial charge in [-0.2, -0.15) is 0 Å². The zero-order valence-corrected chi connectivity index (χ0v) is 21.8. The van der Waals surface area contributed by atoms with Gasteiger partial charge in [0.05, 0.1) is 16.1 Å². The molecule has 2 aromatic carbocycles. The van der Waals surface area contributed by atoms with Crippen LogP contribution in [0.1, 0.15) is 41.7 Å². The third-order valence-electron chi connectivity index (χ3n) is 5.94. The molecule has 4 rings (SSSR count). The molecule has 0 spiro atoms. The van der Waals surface area contributed by atoms with Gasteiger partial charge in [-0.3, -0.25) is 9.55 Å². The van der Waals surface area contributed by atoms with E-state index >= 15 is 0 Å². The van der Waals surface area contributed by atoms with Crippen LogP contribution in [0.4, 0.5) is 4.79 Å². The van der Waals surface area contributed by atoms with E-state index in [4.69, 9.17) is 4.98 Å². The fourth-order valence-corrected chi connectivity index (χ4v) is 5.10. The van der Waals surface area contributed by atoms with E-state index in [0.29, 0.717) is 13.0 Å². The lowest BCUT2D eigenvalue weighted by atomic mass is 10.1. The van der Waals surface area contributed by atoms with E-state index in [2.05, 4.69) is 32.6 Å². The molecule has 2 aromatic heterocycles. The summed E-state index contributed by atoms with van der Waals surface area (Å²) in [4.78, 5) is 21.6. The average molecular weight is 506 g/mol. The molecule has 0 saturated heterocycles. The Balaban J connectivity index is 1.42. The van der Waals surface area contributed by atoms with Crippen molar-refractivity contribution in [2.45, 2.75) is 51.9 Å². The topological polar surface area (TPSA) is 106 Å². The summed E-state index contributed by atoms with van der Waals surface area (Å²) in [5, 5.41) is 2.62. The molecule has 188 valence electrons. The van der Waals surface area contributed by atoms with Crippen molar-refractivity contribution in [3.8, 4) is 5.69 Å². The second kappa shape index (κ2) is 10.5. The molecule has 0 aliphatic carbocycles. The molecular formula is C27H31N5O3S. The number of aromatic nitrogens is 3. The summed E-state index contributed by atoms with van der Waals surface area (Å²) in [7, 11) is -3.91. The van der Waals surface area contributed by atoms with Crippen molar-refractivity contribution in [3.63, 3.8) is 0 Å². The summed E-state index contributed by atoms with van der Waals surface area (Å²) in [6, 6.07) is 15.8. The van der Waals surface area contributed by atoms with Crippen molar-refractivity contribution in [2.24, 2.45) is 0 Å². The van der Waals surface area contributed by atoms with Gasteiger partial charge in [0.2, 0.25) is 0 Å². The number of rotatable bonds is 8. The van der Waals surface area contributed by atoms with E-state index in [0.717, 1.165) is 57.9 Å². The first-order valence-corrected chi connectivity index (χ1v) is 13.5. The predicted octanol–water partition coefficient (Wildman–Crippen LogP) is 4.53. The number of hydrogen-bond acceptors (Lipinski definition) is 5. The molecule has 2 heterocycles. The van der Waals surface area contributed by atoms with Gasteiger partial charge in [0, 0.05) is 24.3 Å². The molecule has 0 saturated carbocycles. The van der Waals surface area contributed by atoms with Crippen LogP contribution in [0.5, 0.6) is 0 Å². The molecular weight excluding hydrogens is 474 g/mol. The van der Waals surface area contributed by atoms with Crippen molar-refractivity contribution in [1.29, 1.82) is 0 Å². The highest BCUT2D eigenvalue weighted by Gasteiger charge is 2.17. The molecule has 0 aliphatic heterocycles. The minimum Gasteiger partial charge on any atom is -0.337 e. The third-order valence-corrected chi connectivity index (χ3v) is 7.29. The molecule has 2 N–H and O–H groups in total. The largest absolute Gasteiger partial charge is 0.337 e. The number of benzene rings is 2. The number of hydrogen-bond donors (Lipinski definition) is 2. The van der Waals surface area contributed by atoms with Crippen molar-refractivity contribution in [3.05, 3.63) is 82.9 Å². The van der Waals surface area contributed by atoms with Gasteiger partial charge in [-0.25, -0.2) is 22.9 Å². The SMILES string of the molecule is CCCc1nc2c(C)nc(C)cc2n1-c1ccc(CCNC(=O)NS(=O)(=O)c2ccc(C)cc2)cc1. The number of carbonyl (C=O) groups is 1. The maximum absolute atomic E-state index is 12.4. The molecule has 0 bridgehead atoms. The van der Waals surface area contributed by atoms with Gasteiger partial charge in [-0.1, -0.05) is 36.8 Å². The number of imidazole rings is 1. The zero-order valence-electron chi connectivity index (χ0n) is 21.0. The minimum absolute atomic E-state index is 0.0504. The minimum atomic E-state index is -3.91. The average Bonchev–Trinajstić information content (AvgIpc) is 3.18. The Morgan fingerprint density at radius 2 is 1.64 bits per heavy atom. The Hall–Kier alpha value is -3.72. The first kappa shape index (κ1) is 25.4. The Morgan fingerprint density at radius 1 is 0.944 bits per heavy atom. The monoisotopic (exact) mass is 505 g/mol. The maximum atomic E-state index is 12.4. The molecule has 2 amide bonds. The highest BCUT2D eigenvalue weighted by atomic mass is 32.2. The second-order valence-electron chi connectivity index (χ2n) is 8.92. The van der Waals surface area contributed by atoms with Gasteiger partial charge in [-0.15, -0.1) is 0 Å². The second-order valence-corrected chi connectivity index (χ2v) is 10.6. The van der Waals surface area contributed by atoms with Crippen LogP contribution in [0.3, 0.4) is 0 Å². The molecule has 0 aliphatic rings. The van der Waals surface area contributed by atoms with E-state index in [-0.39, 0.29) is 4.90 Å². The summed E-state index contributed by atoms with van der Waals surface area (Å²) in [5.74, 6) is 1.00. The standard InChI is InChI=1S/C27H31N5O3S/c1-5-6-25-30-26-20(4)29-19(3)17-24(26)32(25)22-11-9-21(10-12-22)15-16-28-27(33)31-36(34,35)23-13-7-18(2)8-14-23/h7-14,17H,5-6,15-16H2,1-4H3,(H2,28,31,33). The van der Waals surface area contributed by atoms with Gasteiger partial charge in [0.1, 0.15) is 11.3 Å². The van der Waals surface area contributed by atoms with Crippen LogP contribution in [0, 0.1) is 20.8 Å². The first-order chi connectivity index (χ1) is 17.2. The van der Waals surface area contributed by atoms with Gasteiger partial charge >= 0.3 is 6.03 Å². The van der Waals surface area contributed by atoms with Crippen LogP contribution in [-0.2, 0) is 22.9 Å². The number of urea groups is 1. The number of nitrogens with one attached hydrogen (secondary N) is 2. The van der Waals surface area contributed by atoms with Crippen molar-refractivity contribution < 1.29 is 13.2 Å². The first-order valence-electron chi connectivity index (χ1n) is 12.0. The summed E-state index contributed by atoms with van der Waals surface area (Å²) in [6.45, 7) is 8.28. The lowest BCUT2D eigenvalue weighted by molar-refractivity contribution is 0.246. The lowest BCUT2D eigenvalue weighted by Gasteiger charge is -2.11. The number of amides is 2. The Morgan fingerprint density at radius 3 is 2.31 bits per heavy atom. The number of sulfonamides is 1. The van der Waals surface area contributed by atoms with Crippen LogP contribution in [0.2, 0.25) is 0 Å². The fraction of sp³-hybridized carbons (Fsp3) is 0.296. The molecule has 8 nitrogen and oxygen atoms in total. The number of aryl methyl sites for hydroxylation is 4. The molecule has 0 unspecified atom stereocenters. The van der Waals surface area contributed by atoms with E-state index < -0.39 is 16.1 Å². The van der Waals surface area contributed by atoms with E-state index in [1.807, 2.05) is 45.0 Å². The van der Waals surface area contributed by atoms with Crippen molar-refractivity contribution >= 4 is 27.1 Å². The summed E-state index contributed by atoms with van der Waals surface area (Å²) in [5.41, 5.74) is 6.82. The quantitative estimate of drug-likeness (QED) is 0.366. The molecule has 0 fully saturated rings. The molecule has 36 heavy (non-hydrogen) atoms. The number of carbonyl (C=O) groups excluding carboxylic acids is 1. The van der Waals surface area contributed by atoms with Gasteiger partial charge in [-0.05, 0) is 69.5 Å². The predicted molar refractivity (Wildman–Crippen MR) is 141 cm³/mol. The zero-order chi connectivity index (χ0) is 25.9. The van der Waals surface area contributed by atoms with Crippen LogP contribution in [0.15, 0.2) is 59.5 Å². The Kier molecular flexibility index (Phi) is 7.40. The summed E-state index contributed by atoms with van der Waals surface area (Å²) in [6.07, 6.45) is 2.41. The van der Waals surface area contributed by atoms with Crippen molar-refractivity contribution in [1.82, 2.24) is 24.6 Å². The molecule has 0 radical (unpaired) electrons. The highest BCUT2D eigenvalue weighted by Crippen LogP contribution is 2.25. The van der Waals surface area contributed by atoms with Crippen LogP contribution in [-0.4, -0.2) is 35.5 Å². The molecule has 0 atom stereocenters. The summed E-state index contributed by atoms with van der Waals surface area (Å²) >= 11 is 0. The van der Waals surface area contributed by atoms with Gasteiger partial charge < -0.3 is 5.32 Å². The number of pyridine rings is 1. The Bertz CT molecular complexity index is 1490. The Labute approximate surface area is 211 Å². The normalized spacial score (nSPS) is 11.6. The van der Waals surface area contributed by atoms with Gasteiger partial charge in [0.15, 0.2) is 0 Å². The fourth-order valence-electron chi connectivity index (χ4n) is 4.17. The highest BCUT2D eigenvalue weighted by molar-refractivity contribution is 7.90. The third kappa shape index (κ3) is 5.57. The van der Waals surface area contributed by atoms with E-state index in [1.54, 1.807) is 12.1 Å². The molecule has 9 heteroatoms. The maximum Gasteiger partial charge on any atom is 0.328 e. The number of nitrogens with zero attached hydrogens (tertiary/aromatic N) is 3. The smallest absolute Gasteiger partial charge is 0.328 e. The van der Waals surface area contributed by atoms with Crippen LogP contribution < -0.4 is 10.0 Å². The van der Waals surface area contributed by atoms with Crippen LogP contribution >= 0.6 is 0 Å². The molecule has 4 aromatic rings. The lowest BCUT2D eigenvalue weighted by Crippen LogP contribution is -2.40. The van der Waals surface area contributed by atoms with Crippen molar-refractivity contribution in [2.75, 3.05) is 6.54 Å². The van der Waals surface area contributed by atoms with E-state index in [9.17, 15) is 13.2 Å². The summed E-state index contributed by atoms with van der Waals surface area (Å²) < 4.78 is 29.0.